The predicted molar refractivity (Wildman–Crippen MR) is 83.2 cm³/mol. The van der Waals surface area contributed by atoms with Crippen molar-refractivity contribution in [1.29, 1.82) is 0 Å². The monoisotopic (exact) mass is 286 g/mol. The van der Waals surface area contributed by atoms with Gasteiger partial charge in [-0.15, -0.1) is 0 Å². The summed E-state index contributed by atoms with van der Waals surface area (Å²) < 4.78 is 5.43. The van der Waals surface area contributed by atoms with Crippen LogP contribution in [-0.2, 0) is 11.3 Å². The number of nitrogens with zero attached hydrogens (tertiary/aromatic N) is 2. The van der Waals surface area contributed by atoms with Crippen LogP contribution in [0.15, 0.2) is 30.3 Å². The molecule has 2 aromatic rings. The molecule has 0 spiro atoms. The molecule has 1 aromatic carbocycles. The van der Waals surface area contributed by atoms with Gasteiger partial charge in [0.15, 0.2) is 0 Å². The summed E-state index contributed by atoms with van der Waals surface area (Å²) >= 11 is 0. The van der Waals surface area contributed by atoms with Crippen LogP contribution in [0.1, 0.15) is 17.7 Å². The van der Waals surface area contributed by atoms with Crippen LogP contribution < -0.4 is 0 Å². The number of aromatic nitrogens is 1. The molecule has 4 nitrogen and oxygen atoms in total. The first-order valence-corrected chi connectivity index (χ1v) is 7.43. The van der Waals surface area contributed by atoms with Crippen LogP contribution in [0.2, 0.25) is 0 Å². The van der Waals surface area contributed by atoms with Crippen molar-refractivity contribution in [3.63, 3.8) is 0 Å². The van der Waals surface area contributed by atoms with Crippen molar-refractivity contribution in [2.75, 3.05) is 20.3 Å². The Balaban J connectivity index is 1.79. The maximum Gasteiger partial charge on any atom is 0.0714 e. The third kappa shape index (κ3) is 3.07. The Bertz CT molecular complexity index is 629. The van der Waals surface area contributed by atoms with E-state index >= 15 is 0 Å². The zero-order valence-electron chi connectivity index (χ0n) is 12.6. The quantitative estimate of drug-likeness (QED) is 0.935. The van der Waals surface area contributed by atoms with Gasteiger partial charge in [0.25, 0.3) is 0 Å². The van der Waals surface area contributed by atoms with Gasteiger partial charge in [-0.3, -0.25) is 9.88 Å². The lowest BCUT2D eigenvalue weighted by Gasteiger charge is -2.22. The summed E-state index contributed by atoms with van der Waals surface area (Å²) in [6.07, 6.45) is 1.13. The zero-order valence-corrected chi connectivity index (χ0v) is 12.6. The number of hydrogen-bond acceptors (Lipinski definition) is 4. The Hall–Kier alpha value is -1.49. The summed E-state index contributed by atoms with van der Waals surface area (Å²) in [7, 11) is 1.74. The summed E-state index contributed by atoms with van der Waals surface area (Å²) in [6, 6.07) is 10.8. The lowest BCUT2D eigenvalue weighted by molar-refractivity contribution is 0.107. The van der Waals surface area contributed by atoms with E-state index in [9.17, 15) is 5.11 Å². The second-order valence-corrected chi connectivity index (χ2v) is 5.84. The number of ether oxygens (including phenoxy) is 1. The van der Waals surface area contributed by atoms with E-state index in [0.29, 0.717) is 0 Å². The summed E-state index contributed by atoms with van der Waals surface area (Å²) in [5.74, 6) is 0. The molecule has 1 aliphatic heterocycles. The molecule has 0 amide bonds. The standard InChI is InChI=1S/C17H22N2O2/c1-12-3-5-14-7-13(4-6-17(14)18-12)9-19-10-16(21-2)8-15(19)11-20/h3-7,15-16,20H,8-11H2,1-2H3/t15-,16-/m0/s1. The third-order valence-corrected chi connectivity index (χ3v) is 4.31. The van der Waals surface area contributed by atoms with Gasteiger partial charge in [0.05, 0.1) is 18.2 Å². The minimum Gasteiger partial charge on any atom is -0.395 e. The van der Waals surface area contributed by atoms with Gasteiger partial charge in [-0.1, -0.05) is 12.1 Å². The molecule has 21 heavy (non-hydrogen) atoms. The predicted octanol–water partition coefficient (Wildman–Crippen LogP) is 2.12. The number of rotatable bonds is 4. The van der Waals surface area contributed by atoms with Crippen LogP contribution in [0.4, 0.5) is 0 Å². The molecule has 1 saturated heterocycles. The fourth-order valence-corrected chi connectivity index (χ4v) is 3.10. The molecule has 0 unspecified atom stereocenters. The van der Waals surface area contributed by atoms with Crippen molar-refractivity contribution in [1.82, 2.24) is 9.88 Å². The van der Waals surface area contributed by atoms with Gasteiger partial charge in [-0.05, 0) is 37.1 Å². The smallest absolute Gasteiger partial charge is 0.0714 e. The third-order valence-electron chi connectivity index (χ3n) is 4.31. The van der Waals surface area contributed by atoms with Gasteiger partial charge >= 0.3 is 0 Å². The largest absolute Gasteiger partial charge is 0.395 e. The molecular weight excluding hydrogens is 264 g/mol. The number of aliphatic hydroxyl groups is 1. The Morgan fingerprint density at radius 3 is 2.95 bits per heavy atom. The van der Waals surface area contributed by atoms with Crippen LogP contribution in [-0.4, -0.2) is 47.4 Å². The van der Waals surface area contributed by atoms with E-state index in [4.69, 9.17) is 4.74 Å². The number of aryl methyl sites for hydroxylation is 1. The van der Waals surface area contributed by atoms with E-state index in [0.717, 1.165) is 30.7 Å². The van der Waals surface area contributed by atoms with Crippen molar-refractivity contribution in [3.8, 4) is 0 Å². The van der Waals surface area contributed by atoms with Crippen LogP contribution in [0.3, 0.4) is 0 Å². The minimum absolute atomic E-state index is 0.189. The van der Waals surface area contributed by atoms with E-state index in [1.54, 1.807) is 7.11 Å². The summed E-state index contributed by atoms with van der Waals surface area (Å²) in [5, 5.41) is 10.7. The Labute approximate surface area is 125 Å². The first-order chi connectivity index (χ1) is 10.2. The fourth-order valence-electron chi connectivity index (χ4n) is 3.10. The summed E-state index contributed by atoms with van der Waals surface area (Å²) in [5.41, 5.74) is 3.33. The molecule has 0 aliphatic carbocycles. The summed E-state index contributed by atoms with van der Waals surface area (Å²) in [6.45, 7) is 3.92. The van der Waals surface area contributed by atoms with Gasteiger partial charge < -0.3 is 9.84 Å². The molecule has 0 saturated carbocycles. The average Bonchev–Trinajstić information content (AvgIpc) is 2.89. The van der Waals surface area contributed by atoms with E-state index < -0.39 is 0 Å². The molecular formula is C17H22N2O2. The molecule has 1 aromatic heterocycles. The second-order valence-electron chi connectivity index (χ2n) is 5.84. The fraction of sp³-hybridized carbons (Fsp3) is 0.471. The highest BCUT2D eigenvalue weighted by Crippen LogP contribution is 2.23. The average molecular weight is 286 g/mol. The maximum atomic E-state index is 9.52. The molecule has 1 fully saturated rings. The highest BCUT2D eigenvalue weighted by molar-refractivity contribution is 5.79. The van der Waals surface area contributed by atoms with Crippen LogP contribution in [0, 0.1) is 6.92 Å². The maximum absolute atomic E-state index is 9.52. The number of aliphatic hydroxyl groups excluding tert-OH is 1. The molecule has 112 valence electrons. The first-order valence-electron chi connectivity index (χ1n) is 7.43. The van der Waals surface area contributed by atoms with Gasteiger partial charge in [-0.2, -0.15) is 0 Å². The van der Waals surface area contributed by atoms with Gasteiger partial charge in [0.2, 0.25) is 0 Å². The van der Waals surface area contributed by atoms with Gasteiger partial charge in [0.1, 0.15) is 0 Å². The molecule has 3 rings (SSSR count). The first kappa shape index (κ1) is 14.4. The Morgan fingerprint density at radius 1 is 1.33 bits per heavy atom. The lowest BCUT2D eigenvalue weighted by atomic mass is 10.1. The second kappa shape index (κ2) is 6.10. The Kier molecular flexibility index (Phi) is 4.19. The van der Waals surface area contributed by atoms with Crippen LogP contribution >= 0.6 is 0 Å². The van der Waals surface area contributed by atoms with Gasteiger partial charge in [-0.25, -0.2) is 0 Å². The number of methoxy groups -OCH3 is 1. The summed E-state index contributed by atoms with van der Waals surface area (Å²) in [4.78, 5) is 6.83. The normalized spacial score (nSPS) is 23.0. The zero-order chi connectivity index (χ0) is 14.8. The minimum atomic E-state index is 0.189. The number of hydrogen-bond donors (Lipinski definition) is 1. The highest BCUT2D eigenvalue weighted by Gasteiger charge is 2.31. The SMILES string of the molecule is CO[C@H]1C[C@@H](CO)N(Cc2ccc3nc(C)ccc3c2)C1. The molecule has 0 radical (unpaired) electrons. The van der Waals surface area contributed by atoms with Gasteiger partial charge in [0, 0.05) is 37.3 Å². The number of benzene rings is 1. The number of pyridine rings is 1. The van der Waals surface area contributed by atoms with Crippen molar-refractivity contribution in [2.45, 2.75) is 32.0 Å². The van der Waals surface area contributed by atoms with Crippen molar-refractivity contribution in [2.24, 2.45) is 0 Å². The van der Waals surface area contributed by atoms with Crippen molar-refractivity contribution >= 4 is 10.9 Å². The topological polar surface area (TPSA) is 45.6 Å². The number of fused-ring (bicyclic) bond motifs is 1. The van der Waals surface area contributed by atoms with E-state index in [2.05, 4.69) is 34.1 Å². The van der Waals surface area contributed by atoms with E-state index in [1.807, 2.05) is 13.0 Å². The van der Waals surface area contributed by atoms with E-state index in [1.165, 1.54) is 10.9 Å². The highest BCUT2D eigenvalue weighted by atomic mass is 16.5. The lowest BCUT2D eigenvalue weighted by Crippen LogP contribution is -2.31. The van der Waals surface area contributed by atoms with Crippen LogP contribution in [0.25, 0.3) is 10.9 Å². The molecule has 2 atom stereocenters. The Morgan fingerprint density at radius 2 is 2.19 bits per heavy atom. The molecule has 0 bridgehead atoms. The number of likely N-dealkylation sites (tertiary alicyclic amines) is 1. The van der Waals surface area contributed by atoms with Crippen molar-refractivity contribution in [3.05, 3.63) is 41.6 Å². The molecule has 2 heterocycles. The molecule has 1 aliphatic rings. The van der Waals surface area contributed by atoms with Crippen molar-refractivity contribution < 1.29 is 9.84 Å². The molecule has 1 N–H and O–H groups in total. The van der Waals surface area contributed by atoms with Crippen LogP contribution in [0.5, 0.6) is 0 Å². The van der Waals surface area contributed by atoms with E-state index in [-0.39, 0.29) is 18.8 Å². The molecule has 4 heteroatoms.